The van der Waals surface area contributed by atoms with Gasteiger partial charge in [-0.25, -0.2) is 9.05 Å². The van der Waals surface area contributed by atoms with E-state index in [0.29, 0.717) is 31.4 Å². The van der Waals surface area contributed by atoms with Crippen LogP contribution in [0.4, 0.5) is 37.7 Å². The first-order chi connectivity index (χ1) is 15.4. The highest BCUT2D eigenvalue weighted by Crippen LogP contribution is 2.62. The van der Waals surface area contributed by atoms with Crippen LogP contribution >= 0.6 is 8.17 Å². The maximum absolute atomic E-state index is 13.5. The molecule has 0 aliphatic rings. The number of alkyl halides is 6. The molecule has 0 saturated carbocycles. The molecule has 0 fully saturated rings. The second-order valence-corrected chi connectivity index (χ2v) is 8.33. The average molecular weight is 519 g/mol. The lowest BCUT2D eigenvalue weighted by atomic mass is 10.1. The van der Waals surface area contributed by atoms with Crippen LogP contribution in [0.5, 0.6) is 11.5 Å². The van der Waals surface area contributed by atoms with Gasteiger partial charge in [0, 0.05) is 12.1 Å². The zero-order valence-electron chi connectivity index (χ0n) is 17.2. The fourth-order valence-corrected chi connectivity index (χ4v) is 3.75. The summed E-state index contributed by atoms with van der Waals surface area (Å²) in [4.78, 5) is 30.6. The Morgan fingerprint density at radius 1 is 0.794 bits per heavy atom. The number of rotatable bonds is 7. The minimum atomic E-state index is -5.36. The van der Waals surface area contributed by atoms with Gasteiger partial charge in [-0.15, -0.1) is 4.52 Å². The first kappa shape index (κ1) is 27.0. The van der Waals surface area contributed by atoms with Crippen molar-refractivity contribution in [2.45, 2.75) is 26.2 Å². The van der Waals surface area contributed by atoms with Gasteiger partial charge in [0.1, 0.15) is 11.1 Å². The van der Waals surface area contributed by atoms with E-state index in [1.807, 2.05) is 0 Å². The van der Waals surface area contributed by atoms with Crippen LogP contribution in [-0.2, 0) is 16.9 Å². The van der Waals surface area contributed by atoms with Gasteiger partial charge in [0.2, 0.25) is 0 Å². The molecule has 186 valence electrons. The molecule has 0 aromatic heterocycles. The van der Waals surface area contributed by atoms with E-state index in [9.17, 15) is 51.5 Å². The molecule has 0 atom stereocenters. The largest absolute Gasteiger partial charge is 0.666 e. The molecule has 0 radical (unpaired) electrons. The molecular formula is C17H14F6N2O8P+. The Kier molecular flexibility index (Phi) is 7.31. The summed E-state index contributed by atoms with van der Waals surface area (Å²) in [6.07, 6.45) is -10.6. The van der Waals surface area contributed by atoms with Gasteiger partial charge >= 0.3 is 31.9 Å². The van der Waals surface area contributed by atoms with Crippen molar-refractivity contribution >= 4 is 19.5 Å². The van der Waals surface area contributed by atoms with Crippen molar-refractivity contribution in [2.75, 3.05) is 7.11 Å². The quantitative estimate of drug-likeness (QED) is 0.206. The SMILES string of the molecule is CO[P+](O)(Oc1c([N+](=O)[O-])cc(C)cc1C(F)(F)F)Oc1c([N+](=O)[O-])cc(C)cc1C(F)(F)F. The number of benzene rings is 2. The lowest BCUT2D eigenvalue weighted by Gasteiger charge is -2.19. The first-order valence-corrected chi connectivity index (χ1v) is 10.2. The summed E-state index contributed by atoms with van der Waals surface area (Å²) in [5.41, 5.74) is -6.65. The second-order valence-electron chi connectivity index (χ2n) is 6.66. The smallest absolute Gasteiger partial charge is 0.258 e. The summed E-state index contributed by atoms with van der Waals surface area (Å²) >= 11 is 0. The molecule has 2 aromatic carbocycles. The number of halogens is 6. The number of nitro benzene ring substituents is 2. The molecule has 2 aromatic rings. The number of nitro groups is 2. The van der Waals surface area contributed by atoms with Crippen molar-refractivity contribution < 1.29 is 54.7 Å². The Balaban J connectivity index is 2.75. The fraction of sp³-hybridized carbons (Fsp3) is 0.294. The monoisotopic (exact) mass is 519 g/mol. The topological polar surface area (TPSA) is 134 Å². The number of nitrogens with zero attached hydrogens (tertiary/aromatic N) is 2. The van der Waals surface area contributed by atoms with E-state index in [0.717, 1.165) is 13.8 Å². The van der Waals surface area contributed by atoms with Gasteiger partial charge in [-0.2, -0.15) is 31.2 Å². The Morgan fingerprint density at radius 3 is 1.35 bits per heavy atom. The van der Waals surface area contributed by atoms with Crippen LogP contribution in [0.3, 0.4) is 0 Å². The van der Waals surface area contributed by atoms with Crippen molar-refractivity contribution in [3.63, 3.8) is 0 Å². The van der Waals surface area contributed by atoms with Gasteiger partial charge in [-0.3, -0.25) is 20.2 Å². The highest BCUT2D eigenvalue weighted by molar-refractivity contribution is 7.56. The van der Waals surface area contributed by atoms with Crippen LogP contribution in [-0.4, -0.2) is 21.8 Å². The van der Waals surface area contributed by atoms with Crippen LogP contribution < -0.4 is 9.05 Å². The van der Waals surface area contributed by atoms with Crippen molar-refractivity contribution in [2.24, 2.45) is 0 Å². The van der Waals surface area contributed by atoms with Crippen molar-refractivity contribution in [3.05, 3.63) is 66.7 Å². The van der Waals surface area contributed by atoms with Gasteiger partial charge in [-0.05, 0) is 37.1 Å². The summed E-state index contributed by atoms with van der Waals surface area (Å²) in [7, 11) is -4.81. The van der Waals surface area contributed by atoms with E-state index in [2.05, 4.69) is 13.6 Å². The van der Waals surface area contributed by atoms with Crippen molar-refractivity contribution in [1.82, 2.24) is 0 Å². The fourth-order valence-electron chi connectivity index (χ4n) is 2.72. The zero-order chi connectivity index (χ0) is 26.2. The van der Waals surface area contributed by atoms with Crippen molar-refractivity contribution in [1.29, 1.82) is 0 Å². The van der Waals surface area contributed by atoms with E-state index in [-0.39, 0.29) is 11.1 Å². The average Bonchev–Trinajstić information content (AvgIpc) is 2.68. The molecule has 1 N–H and O–H groups in total. The molecule has 0 aliphatic heterocycles. The summed E-state index contributed by atoms with van der Waals surface area (Å²) in [6, 6.07) is 2.11. The lowest BCUT2D eigenvalue weighted by molar-refractivity contribution is -0.386. The van der Waals surface area contributed by atoms with Crippen LogP contribution in [0.25, 0.3) is 0 Å². The lowest BCUT2D eigenvalue weighted by Crippen LogP contribution is -2.18. The summed E-state index contributed by atoms with van der Waals surface area (Å²) < 4.78 is 94.9. The molecule has 2 rings (SSSR count). The van der Waals surface area contributed by atoms with Crippen molar-refractivity contribution in [3.8, 4) is 11.5 Å². The molecule has 0 heterocycles. The van der Waals surface area contributed by atoms with Crippen LogP contribution in [0.2, 0.25) is 0 Å². The Morgan fingerprint density at radius 2 is 1.12 bits per heavy atom. The summed E-state index contributed by atoms with van der Waals surface area (Å²) in [5.74, 6) is -3.24. The van der Waals surface area contributed by atoms with Crippen LogP contribution in [0.15, 0.2) is 24.3 Å². The van der Waals surface area contributed by atoms with E-state index in [4.69, 9.17) is 0 Å². The maximum Gasteiger partial charge on any atom is 0.666 e. The minimum Gasteiger partial charge on any atom is -0.258 e. The molecule has 0 amide bonds. The molecule has 0 spiro atoms. The van der Waals surface area contributed by atoms with Crippen LogP contribution in [0, 0.1) is 34.1 Å². The Hall–Kier alpha value is -3.23. The predicted molar refractivity (Wildman–Crippen MR) is 103 cm³/mol. The van der Waals surface area contributed by atoms with E-state index in [1.165, 1.54) is 0 Å². The molecule has 0 unspecified atom stereocenters. The molecule has 34 heavy (non-hydrogen) atoms. The minimum absolute atomic E-state index is 0.236. The third-order valence-corrected chi connectivity index (χ3v) is 5.36. The number of hydrogen-bond donors (Lipinski definition) is 1. The molecule has 0 bridgehead atoms. The maximum atomic E-state index is 13.5. The normalized spacial score (nSPS) is 12.4. The number of hydrogen-bond acceptors (Lipinski definition) is 8. The molecule has 17 heteroatoms. The standard InChI is InChI=1S/C17H14F6N2O8P/c1-8-4-10(16(18,19)20)14(12(6-8)24(26)27)32-34(30,31-3)33-15-11(17(21,22)23)5-9(2)7-13(15)25(28)29/h4-7,30H,1-3H3/q+1. The number of aryl methyl sites for hydroxylation is 2. The molecule has 10 nitrogen and oxygen atoms in total. The van der Waals surface area contributed by atoms with E-state index >= 15 is 0 Å². The third kappa shape index (κ3) is 5.81. The molecule has 0 saturated heterocycles. The van der Waals surface area contributed by atoms with Gasteiger partial charge in [-0.1, -0.05) is 0 Å². The van der Waals surface area contributed by atoms with E-state index in [1.54, 1.807) is 0 Å². The van der Waals surface area contributed by atoms with E-state index < -0.39 is 64.4 Å². The predicted octanol–water partition coefficient (Wildman–Crippen LogP) is 5.93. The Labute approximate surface area is 186 Å². The zero-order valence-corrected chi connectivity index (χ0v) is 18.1. The Bertz CT molecular complexity index is 1050. The van der Waals surface area contributed by atoms with Crippen LogP contribution in [0.1, 0.15) is 22.3 Å². The summed E-state index contributed by atoms with van der Waals surface area (Å²) in [5, 5.41) is 22.6. The van der Waals surface area contributed by atoms with Gasteiger partial charge in [0.25, 0.3) is 11.5 Å². The highest BCUT2D eigenvalue weighted by atomic mass is 31.2. The van der Waals surface area contributed by atoms with Gasteiger partial charge in [0.15, 0.2) is 0 Å². The van der Waals surface area contributed by atoms with Gasteiger partial charge < -0.3 is 0 Å². The summed E-state index contributed by atoms with van der Waals surface area (Å²) in [6.45, 7) is 2.18. The van der Waals surface area contributed by atoms with Gasteiger partial charge in [0.05, 0.1) is 17.0 Å². The third-order valence-electron chi connectivity index (χ3n) is 4.08. The molecule has 0 aliphatic carbocycles. The first-order valence-electron chi connectivity index (χ1n) is 8.69. The molecular weight excluding hydrogens is 505 g/mol. The second kappa shape index (κ2) is 9.19. The highest BCUT2D eigenvalue weighted by Gasteiger charge is 2.55.